The van der Waals surface area contributed by atoms with Gasteiger partial charge in [0, 0.05) is 0 Å². The number of nitrogens with zero attached hydrogens (tertiary/aromatic N) is 2. The molecule has 2 aliphatic rings. The van der Waals surface area contributed by atoms with E-state index in [0.717, 1.165) is 23.5 Å². The molecule has 0 aromatic heterocycles. The third kappa shape index (κ3) is 4.50. The summed E-state index contributed by atoms with van der Waals surface area (Å²) in [4.78, 5) is 21.6. The van der Waals surface area contributed by atoms with E-state index in [0.29, 0.717) is 11.5 Å². The number of alkyl halides is 3. The van der Waals surface area contributed by atoms with Gasteiger partial charge in [0.15, 0.2) is 5.84 Å². The van der Waals surface area contributed by atoms with Crippen LogP contribution in [0.2, 0.25) is 0 Å². The number of halogens is 3. The summed E-state index contributed by atoms with van der Waals surface area (Å²) >= 11 is 0. The number of hydrogen-bond acceptors (Lipinski definition) is 5. The van der Waals surface area contributed by atoms with Gasteiger partial charge in [0.25, 0.3) is 0 Å². The fourth-order valence-corrected chi connectivity index (χ4v) is 4.10. The number of amidine groups is 1. The Hall–Kier alpha value is -2.87. The Bertz CT molecular complexity index is 977. The molecule has 8 heteroatoms. The predicted molar refractivity (Wildman–Crippen MR) is 113 cm³/mol. The van der Waals surface area contributed by atoms with Crippen LogP contribution in [0.3, 0.4) is 0 Å². The highest BCUT2D eigenvalue weighted by Gasteiger charge is 2.52. The maximum absolute atomic E-state index is 13.1. The van der Waals surface area contributed by atoms with Crippen molar-refractivity contribution in [1.82, 2.24) is 5.06 Å². The molecule has 0 radical (unpaired) electrons. The average molecular weight is 446 g/mol. The van der Waals surface area contributed by atoms with Crippen LogP contribution in [-0.2, 0) is 19.9 Å². The van der Waals surface area contributed by atoms with Crippen LogP contribution < -0.4 is 0 Å². The van der Waals surface area contributed by atoms with E-state index in [1.165, 1.54) is 0 Å². The van der Waals surface area contributed by atoms with Crippen molar-refractivity contribution in [3.8, 4) is 0 Å². The summed E-state index contributed by atoms with van der Waals surface area (Å²) < 4.78 is 45.3. The second-order valence-corrected chi connectivity index (χ2v) is 8.41. The number of carbonyl (C=O) groups is 1. The SMILES string of the molecule is CC(OCC1=NC(C)(c2ccccc2)C(c2ccccc2)N1OC(=O)C(F)(F)F)C1CC1. The molecule has 3 atom stereocenters. The first-order chi connectivity index (χ1) is 15.2. The minimum absolute atomic E-state index is 0.0587. The van der Waals surface area contributed by atoms with Crippen molar-refractivity contribution < 1.29 is 27.5 Å². The molecule has 2 aromatic rings. The standard InChI is InChI=1S/C24H25F3N2O3/c1-16(17-13-14-17)31-15-20-28-23(2,19-11-7-4-8-12-19)21(18-9-5-3-6-10-18)29(20)32-22(30)24(25,26)27/h3-12,16-17,21H,13-15H2,1-2H3. The zero-order valence-electron chi connectivity index (χ0n) is 17.9. The van der Waals surface area contributed by atoms with E-state index in [1.807, 2.05) is 50.2 Å². The monoisotopic (exact) mass is 446 g/mol. The minimum atomic E-state index is -5.14. The van der Waals surface area contributed by atoms with Crippen LogP contribution in [0.15, 0.2) is 65.7 Å². The number of ether oxygens (including phenoxy) is 1. The summed E-state index contributed by atoms with van der Waals surface area (Å²) in [6.07, 6.45) is -3.07. The van der Waals surface area contributed by atoms with Gasteiger partial charge in [-0.3, -0.25) is 4.99 Å². The molecule has 3 unspecified atom stereocenters. The molecule has 1 saturated carbocycles. The van der Waals surface area contributed by atoms with E-state index >= 15 is 0 Å². The molecule has 0 spiro atoms. The van der Waals surface area contributed by atoms with Gasteiger partial charge in [-0.15, -0.1) is 0 Å². The normalized spacial score (nSPS) is 24.2. The largest absolute Gasteiger partial charge is 0.493 e. The number of aliphatic imine (C=N–C) groups is 1. The van der Waals surface area contributed by atoms with Crippen LogP contribution in [0, 0.1) is 5.92 Å². The Morgan fingerprint density at radius 2 is 1.72 bits per heavy atom. The molecule has 1 heterocycles. The van der Waals surface area contributed by atoms with Gasteiger partial charge < -0.3 is 9.57 Å². The molecule has 170 valence electrons. The lowest BCUT2D eigenvalue weighted by Crippen LogP contribution is -2.43. The molecule has 5 nitrogen and oxygen atoms in total. The Labute approximate surface area is 184 Å². The Morgan fingerprint density at radius 1 is 1.12 bits per heavy atom. The molecule has 0 bridgehead atoms. The molecule has 2 aromatic carbocycles. The van der Waals surface area contributed by atoms with Crippen molar-refractivity contribution in [3.05, 3.63) is 71.8 Å². The molecule has 4 rings (SSSR count). The van der Waals surface area contributed by atoms with Gasteiger partial charge >= 0.3 is 12.1 Å². The zero-order chi connectivity index (χ0) is 22.9. The van der Waals surface area contributed by atoms with Gasteiger partial charge in [0.1, 0.15) is 18.2 Å². The fourth-order valence-electron chi connectivity index (χ4n) is 4.10. The highest BCUT2D eigenvalue weighted by atomic mass is 19.4. The number of hydroxylamine groups is 2. The van der Waals surface area contributed by atoms with Crippen molar-refractivity contribution >= 4 is 11.8 Å². The van der Waals surface area contributed by atoms with E-state index in [4.69, 9.17) is 14.6 Å². The minimum Gasteiger partial charge on any atom is -0.370 e. The topological polar surface area (TPSA) is 51.1 Å². The first-order valence-corrected chi connectivity index (χ1v) is 10.6. The summed E-state index contributed by atoms with van der Waals surface area (Å²) in [5, 5.41) is 0.984. The summed E-state index contributed by atoms with van der Waals surface area (Å²) in [6.45, 7) is 3.70. The first-order valence-electron chi connectivity index (χ1n) is 10.6. The van der Waals surface area contributed by atoms with Crippen molar-refractivity contribution in [3.63, 3.8) is 0 Å². The number of carbonyl (C=O) groups excluding carboxylic acids is 1. The van der Waals surface area contributed by atoms with Crippen LogP contribution in [0.5, 0.6) is 0 Å². The van der Waals surface area contributed by atoms with E-state index in [-0.39, 0.29) is 18.5 Å². The first kappa shape index (κ1) is 22.3. The Kier molecular flexibility index (Phi) is 5.99. The van der Waals surface area contributed by atoms with Crippen LogP contribution in [0.1, 0.15) is 43.9 Å². The van der Waals surface area contributed by atoms with Crippen LogP contribution in [0.25, 0.3) is 0 Å². The van der Waals surface area contributed by atoms with Gasteiger partial charge in [-0.25, -0.2) is 4.79 Å². The molecule has 0 saturated heterocycles. The van der Waals surface area contributed by atoms with Crippen molar-refractivity contribution in [2.75, 3.05) is 6.61 Å². The van der Waals surface area contributed by atoms with Gasteiger partial charge in [-0.1, -0.05) is 60.7 Å². The average Bonchev–Trinajstić information content (AvgIpc) is 3.58. The molecule has 0 N–H and O–H groups in total. The summed E-state index contributed by atoms with van der Waals surface area (Å²) in [5.74, 6) is -1.71. The molecule has 1 aliphatic carbocycles. The van der Waals surface area contributed by atoms with Crippen LogP contribution >= 0.6 is 0 Å². The molecule has 0 amide bonds. The van der Waals surface area contributed by atoms with Crippen molar-refractivity contribution in [2.24, 2.45) is 10.9 Å². The van der Waals surface area contributed by atoms with Crippen LogP contribution in [0.4, 0.5) is 13.2 Å². The highest BCUT2D eigenvalue weighted by molar-refractivity contribution is 5.88. The number of benzene rings is 2. The van der Waals surface area contributed by atoms with Crippen LogP contribution in [-0.4, -0.2) is 35.8 Å². The second kappa shape index (κ2) is 8.58. The van der Waals surface area contributed by atoms with Gasteiger partial charge in [-0.2, -0.15) is 18.2 Å². The molecule has 1 aliphatic heterocycles. The fraction of sp³-hybridized carbons (Fsp3) is 0.417. The number of rotatable bonds is 7. The lowest BCUT2D eigenvalue weighted by atomic mass is 9.82. The van der Waals surface area contributed by atoms with Crippen molar-refractivity contribution in [1.29, 1.82) is 0 Å². The molecular weight excluding hydrogens is 421 g/mol. The maximum Gasteiger partial charge on any atom is 0.493 e. The lowest BCUT2D eigenvalue weighted by Gasteiger charge is -2.34. The third-order valence-electron chi connectivity index (χ3n) is 6.03. The molecule has 1 fully saturated rings. The van der Waals surface area contributed by atoms with E-state index < -0.39 is 23.7 Å². The van der Waals surface area contributed by atoms with Crippen molar-refractivity contribution in [2.45, 2.75) is 50.6 Å². The predicted octanol–water partition coefficient (Wildman–Crippen LogP) is 5.19. The second-order valence-electron chi connectivity index (χ2n) is 8.41. The third-order valence-corrected chi connectivity index (χ3v) is 6.03. The smallest absolute Gasteiger partial charge is 0.370 e. The van der Waals surface area contributed by atoms with E-state index in [1.54, 1.807) is 24.3 Å². The summed E-state index contributed by atoms with van der Waals surface area (Å²) in [5.41, 5.74) is 0.450. The zero-order valence-corrected chi connectivity index (χ0v) is 17.9. The summed E-state index contributed by atoms with van der Waals surface area (Å²) in [6, 6.07) is 17.4. The van der Waals surface area contributed by atoms with Gasteiger partial charge in [0.05, 0.1) is 6.10 Å². The highest BCUT2D eigenvalue weighted by Crippen LogP contribution is 2.48. The molecule has 32 heavy (non-hydrogen) atoms. The molecular formula is C24H25F3N2O3. The van der Waals surface area contributed by atoms with Gasteiger partial charge in [0.2, 0.25) is 0 Å². The maximum atomic E-state index is 13.1. The Morgan fingerprint density at radius 3 is 2.28 bits per heavy atom. The van der Waals surface area contributed by atoms with Gasteiger partial charge in [-0.05, 0) is 43.7 Å². The lowest BCUT2D eigenvalue weighted by molar-refractivity contribution is -0.232. The van der Waals surface area contributed by atoms with E-state index in [9.17, 15) is 18.0 Å². The number of hydrogen-bond donors (Lipinski definition) is 0. The Balaban J connectivity index is 1.75. The quantitative estimate of drug-likeness (QED) is 0.587. The van der Waals surface area contributed by atoms with E-state index in [2.05, 4.69) is 0 Å². The summed E-state index contributed by atoms with van der Waals surface area (Å²) in [7, 11) is 0.